The zero-order chi connectivity index (χ0) is 18.1. The molecule has 1 heterocycles. The first-order valence-corrected chi connectivity index (χ1v) is 9.20. The van der Waals surface area contributed by atoms with Crippen LogP contribution in [0.2, 0.25) is 0 Å². The van der Waals surface area contributed by atoms with Crippen LogP contribution >= 0.6 is 15.9 Å². The van der Waals surface area contributed by atoms with E-state index in [1.807, 2.05) is 85.8 Å². The summed E-state index contributed by atoms with van der Waals surface area (Å²) in [6.45, 7) is 1.90. The van der Waals surface area contributed by atoms with Crippen LogP contribution in [0.15, 0.2) is 83.3 Å². The van der Waals surface area contributed by atoms with Gasteiger partial charge in [-0.05, 0) is 34.5 Å². The number of carbonyl (C=O) groups is 1. The summed E-state index contributed by atoms with van der Waals surface area (Å²) in [5.41, 5.74) is 4.88. The molecule has 2 nitrogen and oxygen atoms in total. The van der Waals surface area contributed by atoms with Crippen LogP contribution in [0.1, 0.15) is 21.6 Å². The SMILES string of the molecule is Cc1nc2c(Br)cccc2c(-c2ccccc2)c1C(=O)c1ccccc1. The molecule has 4 aromatic rings. The van der Waals surface area contributed by atoms with Gasteiger partial charge < -0.3 is 0 Å². The first-order chi connectivity index (χ1) is 12.7. The number of para-hydroxylation sites is 1. The highest BCUT2D eigenvalue weighted by Gasteiger charge is 2.22. The number of aromatic nitrogens is 1. The zero-order valence-corrected chi connectivity index (χ0v) is 15.8. The van der Waals surface area contributed by atoms with E-state index >= 15 is 0 Å². The molecule has 3 heteroatoms. The second-order valence-electron chi connectivity index (χ2n) is 6.14. The lowest BCUT2D eigenvalue weighted by atomic mass is 9.90. The summed E-state index contributed by atoms with van der Waals surface area (Å²) in [5, 5.41) is 0.968. The Labute approximate surface area is 160 Å². The third-order valence-corrected chi connectivity index (χ3v) is 5.11. The maximum absolute atomic E-state index is 13.3. The molecule has 0 radical (unpaired) electrons. The number of pyridine rings is 1. The van der Waals surface area contributed by atoms with Crippen LogP contribution in [0.4, 0.5) is 0 Å². The van der Waals surface area contributed by atoms with Crippen molar-refractivity contribution < 1.29 is 4.79 Å². The Hall–Kier alpha value is -2.78. The molecule has 4 rings (SSSR count). The van der Waals surface area contributed by atoms with E-state index in [0.717, 1.165) is 32.2 Å². The molecule has 0 saturated heterocycles. The van der Waals surface area contributed by atoms with E-state index in [9.17, 15) is 4.79 Å². The van der Waals surface area contributed by atoms with Crippen LogP contribution in [0, 0.1) is 6.92 Å². The van der Waals surface area contributed by atoms with E-state index in [2.05, 4.69) is 15.9 Å². The van der Waals surface area contributed by atoms with Crippen LogP contribution in [0.3, 0.4) is 0 Å². The van der Waals surface area contributed by atoms with E-state index in [-0.39, 0.29) is 5.78 Å². The number of nitrogens with zero attached hydrogens (tertiary/aromatic N) is 1. The summed E-state index contributed by atoms with van der Waals surface area (Å²) in [7, 11) is 0. The first-order valence-electron chi connectivity index (χ1n) is 8.41. The maximum Gasteiger partial charge on any atom is 0.195 e. The van der Waals surface area contributed by atoms with Crippen LogP contribution in [-0.2, 0) is 0 Å². The lowest BCUT2D eigenvalue weighted by Crippen LogP contribution is -2.08. The molecular weight excluding hydrogens is 386 g/mol. The summed E-state index contributed by atoms with van der Waals surface area (Å²) in [5.74, 6) is -0.00340. The van der Waals surface area contributed by atoms with E-state index < -0.39 is 0 Å². The van der Waals surface area contributed by atoms with Crippen molar-refractivity contribution in [1.29, 1.82) is 0 Å². The largest absolute Gasteiger partial charge is 0.289 e. The van der Waals surface area contributed by atoms with Gasteiger partial charge in [0.2, 0.25) is 0 Å². The minimum absolute atomic E-state index is 0.00340. The Morgan fingerprint density at radius 3 is 2.19 bits per heavy atom. The molecule has 0 unspecified atom stereocenters. The van der Waals surface area contributed by atoms with Gasteiger partial charge in [-0.2, -0.15) is 0 Å². The average Bonchev–Trinajstić information content (AvgIpc) is 2.69. The Kier molecular flexibility index (Phi) is 4.39. The molecule has 1 aromatic heterocycles. The van der Waals surface area contributed by atoms with Crippen LogP contribution in [0.5, 0.6) is 0 Å². The second-order valence-corrected chi connectivity index (χ2v) is 7.00. The van der Waals surface area contributed by atoms with Crippen molar-refractivity contribution in [1.82, 2.24) is 4.98 Å². The van der Waals surface area contributed by atoms with E-state index in [1.165, 1.54) is 0 Å². The fourth-order valence-electron chi connectivity index (χ4n) is 3.29. The summed E-state index contributed by atoms with van der Waals surface area (Å²) in [4.78, 5) is 18.1. The second kappa shape index (κ2) is 6.85. The minimum Gasteiger partial charge on any atom is -0.289 e. The van der Waals surface area contributed by atoms with Gasteiger partial charge in [-0.3, -0.25) is 9.78 Å². The van der Waals surface area contributed by atoms with Crippen molar-refractivity contribution >= 4 is 32.6 Å². The summed E-state index contributed by atoms with van der Waals surface area (Å²) < 4.78 is 0.925. The van der Waals surface area contributed by atoms with Crippen molar-refractivity contribution in [2.75, 3.05) is 0 Å². The smallest absolute Gasteiger partial charge is 0.195 e. The molecule has 0 amide bonds. The van der Waals surface area contributed by atoms with Gasteiger partial charge in [-0.25, -0.2) is 0 Å². The highest BCUT2D eigenvalue weighted by atomic mass is 79.9. The Balaban J connectivity index is 2.10. The number of rotatable bonds is 3. The molecule has 0 atom stereocenters. The van der Waals surface area contributed by atoms with Crippen molar-refractivity contribution in [3.8, 4) is 11.1 Å². The molecule has 0 N–H and O–H groups in total. The fraction of sp³-hybridized carbons (Fsp3) is 0.0435. The Morgan fingerprint density at radius 1 is 0.846 bits per heavy atom. The van der Waals surface area contributed by atoms with Gasteiger partial charge in [0.05, 0.1) is 11.1 Å². The number of ketones is 1. The normalized spacial score (nSPS) is 10.8. The summed E-state index contributed by atoms with van der Waals surface area (Å²) >= 11 is 3.60. The lowest BCUT2D eigenvalue weighted by molar-refractivity contribution is 0.103. The van der Waals surface area contributed by atoms with Gasteiger partial charge in [-0.15, -0.1) is 0 Å². The van der Waals surface area contributed by atoms with Crippen molar-refractivity contribution in [3.05, 3.63) is 100 Å². The van der Waals surface area contributed by atoms with Gasteiger partial charge in [0.15, 0.2) is 5.78 Å². The summed E-state index contributed by atoms with van der Waals surface area (Å²) in [6.07, 6.45) is 0. The highest BCUT2D eigenvalue weighted by molar-refractivity contribution is 9.10. The van der Waals surface area contributed by atoms with Crippen molar-refractivity contribution in [3.63, 3.8) is 0 Å². The number of halogens is 1. The molecule has 126 valence electrons. The summed E-state index contributed by atoms with van der Waals surface area (Å²) in [6, 6.07) is 25.4. The Bertz CT molecular complexity index is 1110. The standard InChI is InChI=1S/C23H16BrNO/c1-15-20(23(26)17-11-6-3-7-12-17)21(16-9-4-2-5-10-16)18-13-8-14-19(24)22(18)25-15/h2-14H,1H3. The van der Waals surface area contributed by atoms with Crippen molar-refractivity contribution in [2.45, 2.75) is 6.92 Å². The Morgan fingerprint density at radius 2 is 1.50 bits per heavy atom. The van der Waals surface area contributed by atoms with E-state index in [1.54, 1.807) is 0 Å². The third-order valence-electron chi connectivity index (χ3n) is 4.47. The molecule has 0 aliphatic rings. The number of fused-ring (bicyclic) bond motifs is 1. The number of hydrogen-bond donors (Lipinski definition) is 0. The molecule has 0 aliphatic carbocycles. The van der Waals surface area contributed by atoms with Gasteiger partial charge >= 0.3 is 0 Å². The average molecular weight is 402 g/mol. The van der Waals surface area contributed by atoms with Gasteiger partial charge in [0, 0.05) is 26.7 Å². The fourth-order valence-corrected chi connectivity index (χ4v) is 3.74. The lowest BCUT2D eigenvalue weighted by Gasteiger charge is -2.16. The van der Waals surface area contributed by atoms with E-state index in [0.29, 0.717) is 11.1 Å². The molecule has 0 saturated carbocycles. The van der Waals surface area contributed by atoms with Gasteiger partial charge in [0.25, 0.3) is 0 Å². The maximum atomic E-state index is 13.3. The number of benzene rings is 3. The van der Waals surface area contributed by atoms with Crippen LogP contribution in [0.25, 0.3) is 22.0 Å². The molecule has 3 aromatic carbocycles. The van der Waals surface area contributed by atoms with Crippen LogP contribution in [-0.4, -0.2) is 10.8 Å². The van der Waals surface area contributed by atoms with Gasteiger partial charge in [-0.1, -0.05) is 72.8 Å². The zero-order valence-electron chi connectivity index (χ0n) is 14.2. The van der Waals surface area contributed by atoms with Gasteiger partial charge in [0.1, 0.15) is 0 Å². The van der Waals surface area contributed by atoms with Crippen LogP contribution < -0.4 is 0 Å². The monoisotopic (exact) mass is 401 g/mol. The molecule has 0 aliphatic heterocycles. The van der Waals surface area contributed by atoms with Crippen molar-refractivity contribution in [2.24, 2.45) is 0 Å². The first kappa shape index (κ1) is 16.7. The number of carbonyl (C=O) groups excluding carboxylic acids is 1. The third kappa shape index (κ3) is 2.85. The predicted octanol–water partition coefficient (Wildman–Crippen LogP) is 6.20. The quantitative estimate of drug-likeness (QED) is 0.382. The highest BCUT2D eigenvalue weighted by Crippen LogP contribution is 2.36. The molecule has 0 spiro atoms. The molecular formula is C23H16BrNO. The minimum atomic E-state index is -0.00340. The number of hydrogen-bond acceptors (Lipinski definition) is 2. The topological polar surface area (TPSA) is 30.0 Å². The number of aryl methyl sites for hydroxylation is 1. The predicted molar refractivity (Wildman–Crippen MR) is 109 cm³/mol. The molecule has 0 fully saturated rings. The van der Waals surface area contributed by atoms with E-state index in [4.69, 9.17) is 4.98 Å². The molecule has 0 bridgehead atoms. The molecule has 26 heavy (non-hydrogen) atoms.